The number of aliphatic hydroxyl groups excluding tert-OH is 1. The summed E-state index contributed by atoms with van der Waals surface area (Å²) in [7, 11) is 0. The predicted octanol–water partition coefficient (Wildman–Crippen LogP) is 2.65. The molecule has 6 heteroatoms. The van der Waals surface area contributed by atoms with Crippen LogP contribution < -0.4 is 5.32 Å². The van der Waals surface area contributed by atoms with Gasteiger partial charge in [0.2, 0.25) is 0 Å². The number of hydrogen-bond acceptors (Lipinski definition) is 3. The largest absolute Gasteiger partial charge is 0.392 e. The van der Waals surface area contributed by atoms with Gasteiger partial charge in [0.25, 0.3) is 5.91 Å². The van der Waals surface area contributed by atoms with E-state index < -0.39 is 6.10 Å². The van der Waals surface area contributed by atoms with Crippen molar-refractivity contribution in [2.45, 2.75) is 13.0 Å². The maximum Gasteiger partial charge on any atom is 0.255 e. The van der Waals surface area contributed by atoms with Crippen molar-refractivity contribution in [3.05, 3.63) is 40.0 Å². The zero-order chi connectivity index (χ0) is 14.0. The van der Waals surface area contributed by atoms with E-state index in [9.17, 15) is 9.90 Å². The third-order valence-corrected chi connectivity index (χ3v) is 3.08. The van der Waals surface area contributed by atoms with Gasteiger partial charge in [-0.05, 0) is 19.1 Å². The summed E-state index contributed by atoms with van der Waals surface area (Å²) in [6.07, 6.45) is 0.839. The van der Waals surface area contributed by atoms with Crippen molar-refractivity contribution in [1.82, 2.24) is 10.3 Å². The van der Waals surface area contributed by atoms with Gasteiger partial charge in [-0.2, -0.15) is 0 Å². The Morgan fingerprint density at radius 2 is 2.21 bits per heavy atom. The predicted molar refractivity (Wildman–Crippen MR) is 75.8 cm³/mol. The Bertz CT molecular complexity index is 629. The molecule has 0 radical (unpaired) electrons. The van der Waals surface area contributed by atoms with Crippen LogP contribution >= 0.6 is 23.2 Å². The van der Waals surface area contributed by atoms with Crippen LogP contribution in [0, 0.1) is 0 Å². The average molecular weight is 299 g/mol. The van der Waals surface area contributed by atoms with Crippen molar-refractivity contribution in [2.75, 3.05) is 6.54 Å². The number of benzene rings is 1. The van der Waals surface area contributed by atoms with E-state index in [-0.39, 0.29) is 18.0 Å². The first-order valence-corrected chi connectivity index (χ1v) is 6.44. The summed E-state index contributed by atoms with van der Waals surface area (Å²) in [4.78, 5) is 16.2. The van der Waals surface area contributed by atoms with E-state index in [1.54, 1.807) is 25.1 Å². The molecule has 0 fully saturated rings. The molecule has 2 N–H and O–H groups in total. The number of nitrogens with one attached hydrogen (secondary N) is 1. The molecule has 0 aliphatic carbocycles. The van der Waals surface area contributed by atoms with E-state index in [1.807, 2.05) is 0 Å². The summed E-state index contributed by atoms with van der Waals surface area (Å²) in [5.41, 5.74) is 0.775. The second-order valence-electron chi connectivity index (χ2n) is 4.21. The molecule has 100 valence electrons. The fourth-order valence-corrected chi connectivity index (χ4v) is 2.10. The minimum Gasteiger partial charge on any atom is -0.392 e. The molecule has 0 saturated heterocycles. The van der Waals surface area contributed by atoms with Crippen molar-refractivity contribution in [3.63, 3.8) is 0 Å². The first-order chi connectivity index (χ1) is 8.99. The molecule has 1 atom stereocenters. The number of aromatic nitrogens is 1. The van der Waals surface area contributed by atoms with Crippen molar-refractivity contribution < 1.29 is 9.90 Å². The molecule has 1 unspecified atom stereocenters. The standard InChI is InChI=1S/C13H12Cl2N2O2/c1-7(18)5-17-13(19)11-10(15)3-2-8-4-9(14)6-16-12(8)11/h2-4,6-7,18H,5H2,1H3,(H,17,19). The maximum atomic E-state index is 12.1. The van der Waals surface area contributed by atoms with Crippen molar-refractivity contribution in [1.29, 1.82) is 0 Å². The molecule has 1 aromatic heterocycles. The molecule has 0 saturated carbocycles. The lowest BCUT2D eigenvalue weighted by molar-refractivity contribution is 0.0925. The Kier molecular flexibility index (Phi) is 4.24. The Labute approximate surface area is 120 Å². The van der Waals surface area contributed by atoms with Crippen LogP contribution in [0.3, 0.4) is 0 Å². The van der Waals surface area contributed by atoms with Crippen LogP contribution in [-0.2, 0) is 0 Å². The molecular weight excluding hydrogens is 287 g/mol. The minimum absolute atomic E-state index is 0.152. The van der Waals surface area contributed by atoms with Gasteiger partial charge in [0.05, 0.1) is 27.2 Å². The number of fused-ring (bicyclic) bond motifs is 1. The fourth-order valence-electron chi connectivity index (χ4n) is 1.70. The molecule has 2 rings (SSSR count). The van der Waals surface area contributed by atoms with Gasteiger partial charge in [-0.1, -0.05) is 29.3 Å². The average Bonchev–Trinajstić information content (AvgIpc) is 2.36. The van der Waals surface area contributed by atoms with Gasteiger partial charge in [0.1, 0.15) is 0 Å². The van der Waals surface area contributed by atoms with Gasteiger partial charge in [-0.3, -0.25) is 9.78 Å². The fraction of sp³-hybridized carbons (Fsp3) is 0.231. The molecule has 0 aliphatic heterocycles. The molecule has 2 aromatic rings. The highest BCUT2D eigenvalue weighted by atomic mass is 35.5. The summed E-state index contributed by atoms with van der Waals surface area (Å²) in [5, 5.41) is 13.3. The lowest BCUT2D eigenvalue weighted by Gasteiger charge is -2.10. The van der Waals surface area contributed by atoms with E-state index in [0.717, 1.165) is 5.39 Å². The number of hydrogen-bond donors (Lipinski definition) is 2. The van der Waals surface area contributed by atoms with Gasteiger partial charge < -0.3 is 10.4 Å². The first kappa shape index (κ1) is 14.1. The Morgan fingerprint density at radius 1 is 1.47 bits per heavy atom. The van der Waals surface area contributed by atoms with Crippen LogP contribution in [0.1, 0.15) is 17.3 Å². The number of carbonyl (C=O) groups excluding carboxylic acids is 1. The van der Waals surface area contributed by atoms with Gasteiger partial charge >= 0.3 is 0 Å². The summed E-state index contributed by atoms with van der Waals surface area (Å²) in [5.74, 6) is -0.369. The number of nitrogens with zero attached hydrogens (tertiary/aromatic N) is 1. The molecule has 4 nitrogen and oxygen atoms in total. The normalized spacial score (nSPS) is 12.4. The van der Waals surface area contributed by atoms with Crippen molar-refractivity contribution in [3.8, 4) is 0 Å². The number of rotatable bonds is 3. The summed E-state index contributed by atoms with van der Waals surface area (Å²) in [6.45, 7) is 1.74. The summed E-state index contributed by atoms with van der Waals surface area (Å²) in [6, 6.07) is 5.09. The monoisotopic (exact) mass is 298 g/mol. The SMILES string of the molecule is CC(O)CNC(=O)c1c(Cl)ccc2cc(Cl)cnc12. The molecule has 0 aliphatic rings. The van der Waals surface area contributed by atoms with Crippen LogP contribution in [0.2, 0.25) is 10.0 Å². The molecule has 1 amide bonds. The third kappa shape index (κ3) is 3.15. The topological polar surface area (TPSA) is 62.2 Å². The summed E-state index contributed by atoms with van der Waals surface area (Å²) < 4.78 is 0. The zero-order valence-electron chi connectivity index (χ0n) is 10.2. The lowest BCUT2D eigenvalue weighted by Crippen LogP contribution is -2.31. The van der Waals surface area contributed by atoms with Gasteiger partial charge in [-0.25, -0.2) is 0 Å². The van der Waals surface area contributed by atoms with Crippen molar-refractivity contribution >= 4 is 40.0 Å². The highest BCUT2D eigenvalue weighted by Gasteiger charge is 2.16. The number of halogens is 2. The Hall–Kier alpha value is -1.36. The molecule has 1 heterocycles. The highest BCUT2D eigenvalue weighted by Crippen LogP contribution is 2.26. The second kappa shape index (κ2) is 5.74. The van der Waals surface area contributed by atoms with E-state index >= 15 is 0 Å². The molecular formula is C13H12Cl2N2O2. The maximum absolute atomic E-state index is 12.1. The minimum atomic E-state index is -0.625. The van der Waals surface area contributed by atoms with Crippen LogP contribution in [-0.4, -0.2) is 28.6 Å². The highest BCUT2D eigenvalue weighted by molar-refractivity contribution is 6.36. The molecule has 1 aromatic carbocycles. The van der Waals surface area contributed by atoms with Crippen LogP contribution in [0.15, 0.2) is 24.4 Å². The van der Waals surface area contributed by atoms with E-state index in [0.29, 0.717) is 15.6 Å². The van der Waals surface area contributed by atoms with Gasteiger partial charge in [-0.15, -0.1) is 0 Å². The van der Waals surface area contributed by atoms with E-state index in [4.69, 9.17) is 23.2 Å². The third-order valence-electron chi connectivity index (χ3n) is 2.55. The number of amides is 1. The van der Waals surface area contributed by atoms with Crippen molar-refractivity contribution in [2.24, 2.45) is 0 Å². The molecule has 0 bridgehead atoms. The first-order valence-electron chi connectivity index (χ1n) is 5.69. The van der Waals surface area contributed by atoms with Gasteiger partial charge in [0, 0.05) is 18.1 Å². The van der Waals surface area contributed by atoms with E-state index in [1.165, 1.54) is 6.20 Å². The Balaban J connectivity index is 2.46. The smallest absolute Gasteiger partial charge is 0.255 e. The van der Waals surface area contributed by atoms with Crippen LogP contribution in [0.5, 0.6) is 0 Å². The Morgan fingerprint density at radius 3 is 2.89 bits per heavy atom. The lowest BCUT2D eigenvalue weighted by atomic mass is 10.1. The number of aliphatic hydroxyl groups is 1. The number of pyridine rings is 1. The van der Waals surface area contributed by atoms with Gasteiger partial charge in [0.15, 0.2) is 0 Å². The van der Waals surface area contributed by atoms with Crippen LogP contribution in [0.25, 0.3) is 10.9 Å². The van der Waals surface area contributed by atoms with E-state index in [2.05, 4.69) is 10.3 Å². The molecule has 0 spiro atoms. The molecule has 19 heavy (non-hydrogen) atoms. The second-order valence-corrected chi connectivity index (χ2v) is 5.05. The van der Waals surface area contributed by atoms with Crippen LogP contribution in [0.4, 0.5) is 0 Å². The quantitative estimate of drug-likeness (QED) is 0.916. The number of carbonyl (C=O) groups is 1. The zero-order valence-corrected chi connectivity index (χ0v) is 11.7. The summed E-state index contributed by atoms with van der Waals surface area (Å²) >= 11 is 11.9.